The first-order chi connectivity index (χ1) is 26.1. The van der Waals surface area contributed by atoms with Crippen molar-refractivity contribution in [3.63, 3.8) is 0 Å². The molecule has 0 radical (unpaired) electrons. The highest BCUT2D eigenvalue weighted by molar-refractivity contribution is 5.67. The van der Waals surface area contributed by atoms with Gasteiger partial charge in [0.25, 0.3) is 0 Å². The average Bonchev–Trinajstić information content (AvgIpc) is 3.74. The van der Waals surface area contributed by atoms with Gasteiger partial charge >= 0.3 is 0 Å². The Bertz CT molecular complexity index is 1710. The summed E-state index contributed by atoms with van der Waals surface area (Å²) < 4.78 is 0. The molecule has 6 atom stereocenters. The van der Waals surface area contributed by atoms with Gasteiger partial charge in [0.15, 0.2) is 0 Å². The van der Waals surface area contributed by atoms with Gasteiger partial charge in [-0.3, -0.25) is 0 Å². The predicted molar refractivity (Wildman–Crippen MR) is 246 cm³/mol. The van der Waals surface area contributed by atoms with E-state index >= 15 is 0 Å². The number of rotatable bonds is 20. The molecule has 0 aromatic rings. The first kappa shape index (κ1) is 44.6. The zero-order valence-electron chi connectivity index (χ0n) is 37.5. The number of hydrogen-bond donors (Lipinski definition) is 0. The summed E-state index contributed by atoms with van der Waals surface area (Å²) in [5.41, 5.74) is 16.2. The lowest BCUT2D eigenvalue weighted by Gasteiger charge is -2.57. The molecule has 0 aromatic heterocycles. The van der Waals surface area contributed by atoms with Crippen molar-refractivity contribution in [2.75, 3.05) is 0 Å². The van der Waals surface area contributed by atoms with Crippen molar-refractivity contribution in [1.82, 2.24) is 0 Å². The van der Waals surface area contributed by atoms with Crippen LogP contribution in [0.5, 0.6) is 0 Å². The van der Waals surface area contributed by atoms with Crippen LogP contribution in [-0.4, -0.2) is 0 Å². The summed E-state index contributed by atoms with van der Waals surface area (Å²) in [7, 11) is 0. The van der Waals surface area contributed by atoms with Gasteiger partial charge in [0.1, 0.15) is 0 Å². The Labute approximate surface area is 340 Å². The smallest absolute Gasteiger partial charge is 0.0150 e. The molecule has 0 heterocycles. The van der Waals surface area contributed by atoms with Crippen LogP contribution in [0.15, 0.2) is 141 Å². The van der Waals surface area contributed by atoms with Crippen molar-refractivity contribution < 1.29 is 0 Å². The van der Waals surface area contributed by atoms with Crippen LogP contribution in [0.2, 0.25) is 0 Å². The third kappa shape index (κ3) is 10.8. The van der Waals surface area contributed by atoms with E-state index in [1.165, 1.54) is 87.0 Å². The van der Waals surface area contributed by atoms with Crippen molar-refractivity contribution >= 4 is 0 Å². The molecular formula is C55H80. The quantitative estimate of drug-likeness (QED) is 0.109. The minimum absolute atomic E-state index is 0.0479. The van der Waals surface area contributed by atoms with Gasteiger partial charge in [-0.2, -0.15) is 0 Å². The second kappa shape index (κ2) is 20.3. The van der Waals surface area contributed by atoms with E-state index in [-0.39, 0.29) is 10.8 Å². The van der Waals surface area contributed by atoms with Gasteiger partial charge in [0.05, 0.1) is 0 Å². The third-order valence-corrected chi connectivity index (χ3v) is 14.5. The minimum Gasteiger partial charge on any atom is -0.0946 e. The summed E-state index contributed by atoms with van der Waals surface area (Å²) in [6.45, 7) is 35.3. The van der Waals surface area contributed by atoms with E-state index in [2.05, 4.69) is 143 Å². The molecule has 55 heavy (non-hydrogen) atoms. The molecular weight excluding hydrogens is 661 g/mol. The molecule has 0 heteroatoms. The van der Waals surface area contributed by atoms with Gasteiger partial charge in [-0.15, -0.1) is 0 Å². The van der Waals surface area contributed by atoms with E-state index in [9.17, 15) is 0 Å². The number of allylic oxidation sites excluding steroid dienone is 22. The average molecular weight is 741 g/mol. The lowest BCUT2D eigenvalue weighted by atomic mass is 9.46. The van der Waals surface area contributed by atoms with Crippen LogP contribution in [0.3, 0.4) is 0 Å². The fraction of sp³-hybridized carbons (Fsp3) is 0.564. The van der Waals surface area contributed by atoms with E-state index in [1.54, 1.807) is 0 Å². The first-order valence-corrected chi connectivity index (χ1v) is 22.2. The van der Waals surface area contributed by atoms with Crippen LogP contribution >= 0.6 is 0 Å². The molecule has 0 aliphatic heterocycles. The molecule has 4 aliphatic carbocycles. The highest BCUT2D eigenvalue weighted by atomic mass is 14.7. The maximum atomic E-state index is 4.86. The van der Waals surface area contributed by atoms with Gasteiger partial charge < -0.3 is 0 Å². The molecule has 2 saturated carbocycles. The van der Waals surface area contributed by atoms with E-state index in [0.29, 0.717) is 23.7 Å². The second-order valence-electron chi connectivity index (χ2n) is 18.8. The predicted octanol–water partition coefficient (Wildman–Crippen LogP) is 17.2. The van der Waals surface area contributed by atoms with E-state index in [4.69, 9.17) is 13.2 Å². The zero-order chi connectivity index (χ0) is 40.3. The normalized spacial score (nSPS) is 27.2. The fourth-order valence-corrected chi connectivity index (χ4v) is 9.96. The van der Waals surface area contributed by atoms with Crippen molar-refractivity contribution in [2.45, 2.75) is 166 Å². The lowest BCUT2D eigenvalue weighted by molar-refractivity contribution is 0.114. The van der Waals surface area contributed by atoms with Gasteiger partial charge in [0.2, 0.25) is 0 Å². The molecule has 2 bridgehead atoms. The van der Waals surface area contributed by atoms with Gasteiger partial charge in [-0.05, 0) is 191 Å². The van der Waals surface area contributed by atoms with Gasteiger partial charge in [-0.25, -0.2) is 0 Å². The largest absolute Gasteiger partial charge is 0.0946 e. The molecule has 0 spiro atoms. The molecule has 4 rings (SSSR count). The number of hydrogen-bond acceptors (Lipinski definition) is 0. The second-order valence-corrected chi connectivity index (χ2v) is 18.8. The Morgan fingerprint density at radius 1 is 0.600 bits per heavy atom. The molecule has 0 nitrogen and oxygen atoms in total. The molecule has 0 saturated heterocycles. The van der Waals surface area contributed by atoms with E-state index < -0.39 is 0 Å². The van der Waals surface area contributed by atoms with Crippen LogP contribution < -0.4 is 0 Å². The van der Waals surface area contributed by atoms with Crippen molar-refractivity contribution in [1.29, 1.82) is 0 Å². The monoisotopic (exact) mass is 741 g/mol. The highest BCUT2D eigenvalue weighted by Gasteiger charge is 2.67. The van der Waals surface area contributed by atoms with E-state index in [1.807, 2.05) is 0 Å². The fourth-order valence-electron chi connectivity index (χ4n) is 9.96. The van der Waals surface area contributed by atoms with Gasteiger partial charge in [-0.1, -0.05) is 140 Å². The number of fused-ring (bicyclic) bond motifs is 6. The summed E-state index contributed by atoms with van der Waals surface area (Å²) in [4.78, 5) is 0. The van der Waals surface area contributed by atoms with Crippen LogP contribution in [-0.2, 0) is 0 Å². The summed E-state index contributed by atoms with van der Waals surface area (Å²) in [6.07, 6.45) is 43.4. The van der Waals surface area contributed by atoms with Crippen LogP contribution in [0.1, 0.15) is 166 Å². The summed E-state index contributed by atoms with van der Waals surface area (Å²) in [5, 5.41) is 0. The molecule has 0 aromatic carbocycles. The van der Waals surface area contributed by atoms with E-state index in [0.717, 1.165) is 64.2 Å². The van der Waals surface area contributed by atoms with Crippen LogP contribution in [0.25, 0.3) is 0 Å². The maximum absolute atomic E-state index is 4.86. The van der Waals surface area contributed by atoms with Gasteiger partial charge in [0, 0.05) is 10.8 Å². The summed E-state index contributed by atoms with van der Waals surface area (Å²) in [5.74, 6) is 2.28. The first-order valence-electron chi connectivity index (χ1n) is 22.2. The SMILES string of the molecule is C=C1C2=CCCC=C2C(=C)C2(C/C=C(\C)C(C)C/C=C(\C)CC/C=C(\C)CC/C=C(\C)C(C)C/C=C(\C)CC/C=C(\C)CCC=C(C)C)C3C=CC(C3)C12C. The Kier molecular flexibility index (Phi) is 16.5. The Balaban J connectivity index is 1.20. The minimum atomic E-state index is 0.0479. The summed E-state index contributed by atoms with van der Waals surface area (Å²) >= 11 is 0. The Morgan fingerprint density at radius 3 is 1.56 bits per heavy atom. The molecule has 300 valence electrons. The summed E-state index contributed by atoms with van der Waals surface area (Å²) in [6, 6.07) is 0. The topological polar surface area (TPSA) is 0 Å². The molecule has 0 amide bonds. The maximum Gasteiger partial charge on any atom is 0.0150 e. The standard InChI is InChI=1S/C55H80/c1-39(2)20-16-21-40(3)22-17-24-42(5)30-32-45(8)44(7)27-19-26-41(4)23-18-25-43(6)31-33-46(9)47(10)36-37-55-49(12)53-29-15-14-28-52(53)48(11)54(55,13)50-34-35-51(55)38-50/h20,22-23,27-31,34-36,45-46,50-51H,11-12,14-19,21,24-26,32-33,37-38H2,1-10,13H3/b40-22+,41-23+,42-30+,43-31+,44-27+,47-36+. The Morgan fingerprint density at radius 2 is 1.04 bits per heavy atom. The van der Waals surface area contributed by atoms with Crippen molar-refractivity contribution in [2.24, 2.45) is 34.5 Å². The van der Waals surface area contributed by atoms with Crippen molar-refractivity contribution in [3.8, 4) is 0 Å². The molecule has 6 unspecified atom stereocenters. The molecule has 4 aliphatic rings. The van der Waals surface area contributed by atoms with Crippen LogP contribution in [0, 0.1) is 34.5 Å². The molecule has 0 N–H and O–H groups in total. The van der Waals surface area contributed by atoms with Crippen molar-refractivity contribution in [3.05, 3.63) is 141 Å². The van der Waals surface area contributed by atoms with Crippen LogP contribution in [0.4, 0.5) is 0 Å². The molecule has 2 fully saturated rings. The Hall–Kier alpha value is -3.12. The zero-order valence-corrected chi connectivity index (χ0v) is 37.5. The highest BCUT2D eigenvalue weighted by Crippen LogP contribution is 2.75. The third-order valence-electron chi connectivity index (χ3n) is 14.5. The lowest BCUT2D eigenvalue weighted by Crippen LogP contribution is -2.49.